The Morgan fingerprint density at radius 1 is 0.966 bits per heavy atom. The SMILES string of the molecule is CC(=O)C1=NN(c2ccccc2Cl)[C@]2(S1)SC(C(C)=O)=C(C)N2c1ccccc1. The second-order valence-corrected chi connectivity index (χ2v) is 9.63. The Morgan fingerprint density at radius 2 is 1.62 bits per heavy atom. The second-order valence-electron chi connectivity index (χ2n) is 6.62. The van der Waals surface area contributed by atoms with Crippen molar-refractivity contribution in [3.8, 4) is 0 Å². The Balaban J connectivity index is 1.94. The number of anilines is 2. The molecule has 0 N–H and O–H groups in total. The van der Waals surface area contributed by atoms with Crippen molar-refractivity contribution in [3.63, 3.8) is 0 Å². The van der Waals surface area contributed by atoms with Gasteiger partial charge in [-0.3, -0.25) is 9.59 Å². The summed E-state index contributed by atoms with van der Waals surface area (Å²) < 4.78 is -0.904. The predicted molar refractivity (Wildman–Crippen MR) is 122 cm³/mol. The van der Waals surface area contributed by atoms with Crippen molar-refractivity contribution < 1.29 is 9.59 Å². The number of allylic oxidation sites excluding steroid dienone is 2. The van der Waals surface area contributed by atoms with E-state index in [1.165, 1.54) is 30.4 Å². The predicted octanol–water partition coefficient (Wildman–Crippen LogP) is 5.48. The molecule has 2 heterocycles. The highest BCUT2D eigenvalue weighted by molar-refractivity contribution is 8.29. The minimum atomic E-state index is -0.904. The van der Waals surface area contributed by atoms with Gasteiger partial charge in [0, 0.05) is 18.3 Å². The van der Waals surface area contributed by atoms with Crippen molar-refractivity contribution in [3.05, 3.63) is 70.2 Å². The van der Waals surface area contributed by atoms with Crippen molar-refractivity contribution in [2.24, 2.45) is 5.10 Å². The highest BCUT2D eigenvalue weighted by atomic mass is 35.5. The van der Waals surface area contributed by atoms with Crippen LogP contribution in [0, 0.1) is 0 Å². The number of hydrogen-bond donors (Lipinski definition) is 0. The van der Waals surface area contributed by atoms with Gasteiger partial charge >= 0.3 is 0 Å². The fourth-order valence-corrected chi connectivity index (χ4v) is 6.50. The van der Waals surface area contributed by atoms with E-state index in [1.807, 2.05) is 55.5 Å². The maximum absolute atomic E-state index is 12.4. The third kappa shape index (κ3) is 3.27. The number of thioether (sulfide) groups is 2. The van der Waals surface area contributed by atoms with Gasteiger partial charge in [0.2, 0.25) is 4.33 Å². The zero-order chi connectivity index (χ0) is 20.8. The summed E-state index contributed by atoms with van der Waals surface area (Å²) in [6.45, 7) is 4.97. The summed E-state index contributed by atoms with van der Waals surface area (Å²) in [5.74, 6) is -0.159. The Labute approximate surface area is 182 Å². The molecule has 0 saturated carbocycles. The molecular formula is C21H18ClN3O2S2. The summed E-state index contributed by atoms with van der Waals surface area (Å²) in [4.78, 5) is 27.4. The van der Waals surface area contributed by atoms with Crippen LogP contribution in [0.2, 0.25) is 5.02 Å². The van der Waals surface area contributed by atoms with Crippen LogP contribution in [0.3, 0.4) is 0 Å². The van der Waals surface area contributed by atoms with E-state index in [0.717, 1.165) is 11.4 Å². The fraction of sp³-hybridized carbons (Fsp3) is 0.190. The normalized spacial score (nSPS) is 21.2. The lowest BCUT2D eigenvalue weighted by atomic mass is 10.2. The van der Waals surface area contributed by atoms with Gasteiger partial charge in [-0.25, -0.2) is 5.01 Å². The average Bonchev–Trinajstić information content (AvgIpc) is 3.21. The van der Waals surface area contributed by atoms with Crippen molar-refractivity contribution >= 4 is 63.1 Å². The minimum Gasteiger partial charge on any atom is -0.301 e. The number of carbonyl (C=O) groups is 2. The number of Topliss-reactive ketones (excluding diaryl/α,β-unsaturated/α-hetero) is 2. The Kier molecular flexibility index (Phi) is 5.23. The van der Waals surface area contributed by atoms with Crippen LogP contribution in [0.4, 0.5) is 11.4 Å². The van der Waals surface area contributed by atoms with Crippen LogP contribution in [-0.4, -0.2) is 20.9 Å². The first-order chi connectivity index (χ1) is 13.8. The van der Waals surface area contributed by atoms with Gasteiger partial charge < -0.3 is 4.90 Å². The topological polar surface area (TPSA) is 53.0 Å². The lowest BCUT2D eigenvalue weighted by molar-refractivity contribution is -0.113. The highest BCUT2D eigenvalue weighted by Crippen LogP contribution is 2.60. The molecular weight excluding hydrogens is 426 g/mol. The number of nitrogens with zero attached hydrogens (tertiary/aromatic N) is 3. The lowest BCUT2D eigenvalue weighted by Gasteiger charge is -2.41. The van der Waals surface area contributed by atoms with Gasteiger partial charge in [-0.2, -0.15) is 5.10 Å². The van der Waals surface area contributed by atoms with Gasteiger partial charge in [0.15, 0.2) is 16.6 Å². The van der Waals surface area contributed by atoms with Gasteiger partial charge in [0.05, 0.1) is 15.6 Å². The molecule has 0 aliphatic carbocycles. The molecule has 5 nitrogen and oxygen atoms in total. The first-order valence-electron chi connectivity index (χ1n) is 8.94. The number of hydrogen-bond acceptors (Lipinski definition) is 7. The van der Waals surface area contributed by atoms with Gasteiger partial charge in [-0.15, -0.1) is 0 Å². The summed E-state index contributed by atoms with van der Waals surface area (Å²) in [6, 6.07) is 17.2. The van der Waals surface area contributed by atoms with Crippen LogP contribution in [0.15, 0.2) is 70.3 Å². The molecule has 2 aliphatic heterocycles. The molecule has 29 heavy (non-hydrogen) atoms. The summed E-state index contributed by atoms with van der Waals surface area (Å²) in [5, 5.41) is 7.28. The number of rotatable bonds is 4. The molecule has 0 bridgehead atoms. The van der Waals surface area contributed by atoms with Crippen molar-refractivity contribution in [2.45, 2.75) is 25.1 Å². The molecule has 0 radical (unpaired) electrons. The second kappa shape index (κ2) is 7.55. The number of hydrazone groups is 1. The maximum atomic E-state index is 12.4. The standard InChI is InChI=1S/C21H18ClN3O2S2/c1-13-19(14(2)26)28-21(24(13)16-9-5-4-6-10-16)25(23-20(29-21)15(3)27)18-12-8-7-11-17(18)22/h4-12H,1-3H3/t21-/m0/s1. The van der Waals surface area contributed by atoms with E-state index in [9.17, 15) is 9.59 Å². The maximum Gasteiger partial charge on any atom is 0.245 e. The molecule has 0 amide bonds. The Bertz CT molecular complexity index is 1070. The highest BCUT2D eigenvalue weighted by Gasteiger charge is 2.57. The van der Waals surface area contributed by atoms with E-state index in [2.05, 4.69) is 10.0 Å². The van der Waals surface area contributed by atoms with Crippen LogP contribution < -0.4 is 9.91 Å². The van der Waals surface area contributed by atoms with Gasteiger partial charge in [-0.05, 0) is 49.9 Å². The van der Waals surface area contributed by atoms with E-state index in [0.29, 0.717) is 20.7 Å². The summed E-state index contributed by atoms with van der Waals surface area (Å²) in [6.07, 6.45) is 0. The Morgan fingerprint density at radius 3 is 2.24 bits per heavy atom. The molecule has 0 unspecified atom stereocenters. The Hall–Kier alpha value is -2.22. The molecule has 0 aromatic heterocycles. The summed E-state index contributed by atoms with van der Waals surface area (Å²) >= 11 is 9.23. The number of para-hydroxylation sites is 2. The molecule has 2 aliphatic rings. The molecule has 0 fully saturated rings. The molecule has 148 valence electrons. The van der Waals surface area contributed by atoms with Crippen LogP contribution in [-0.2, 0) is 9.59 Å². The van der Waals surface area contributed by atoms with Crippen molar-refractivity contribution in [1.82, 2.24) is 0 Å². The van der Waals surface area contributed by atoms with Gasteiger partial charge in [-0.1, -0.05) is 53.7 Å². The average molecular weight is 444 g/mol. The number of halogens is 1. The van der Waals surface area contributed by atoms with E-state index >= 15 is 0 Å². The van der Waals surface area contributed by atoms with Crippen molar-refractivity contribution in [2.75, 3.05) is 9.91 Å². The largest absolute Gasteiger partial charge is 0.301 e. The van der Waals surface area contributed by atoms with E-state index in [4.69, 9.17) is 11.6 Å². The number of carbonyl (C=O) groups excluding carboxylic acids is 2. The van der Waals surface area contributed by atoms with Crippen LogP contribution in [0.5, 0.6) is 0 Å². The number of ketones is 2. The molecule has 1 atom stereocenters. The van der Waals surface area contributed by atoms with Gasteiger partial charge in [0.25, 0.3) is 0 Å². The quantitative estimate of drug-likeness (QED) is 0.623. The zero-order valence-corrected chi connectivity index (χ0v) is 18.4. The van der Waals surface area contributed by atoms with E-state index in [-0.39, 0.29) is 11.6 Å². The van der Waals surface area contributed by atoms with Crippen LogP contribution in [0.1, 0.15) is 20.8 Å². The van der Waals surface area contributed by atoms with Gasteiger partial charge in [0.1, 0.15) is 0 Å². The zero-order valence-electron chi connectivity index (χ0n) is 16.0. The van der Waals surface area contributed by atoms with Crippen molar-refractivity contribution in [1.29, 1.82) is 0 Å². The first kappa shape index (κ1) is 20.1. The monoisotopic (exact) mass is 443 g/mol. The summed E-state index contributed by atoms with van der Waals surface area (Å²) in [7, 11) is 0. The first-order valence-corrected chi connectivity index (χ1v) is 11.0. The molecule has 2 aromatic carbocycles. The smallest absolute Gasteiger partial charge is 0.245 e. The number of benzene rings is 2. The molecule has 8 heteroatoms. The molecule has 0 saturated heterocycles. The molecule has 4 rings (SSSR count). The third-order valence-electron chi connectivity index (χ3n) is 4.59. The summed E-state index contributed by atoms with van der Waals surface area (Å²) in [5.41, 5.74) is 2.39. The van der Waals surface area contributed by atoms with E-state index < -0.39 is 4.33 Å². The minimum absolute atomic E-state index is 0.0266. The lowest BCUT2D eigenvalue weighted by Crippen LogP contribution is -2.49. The van der Waals surface area contributed by atoms with Crippen LogP contribution >= 0.6 is 35.1 Å². The van der Waals surface area contributed by atoms with Crippen LogP contribution in [0.25, 0.3) is 0 Å². The molecule has 1 spiro atoms. The third-order valence-corrected chi connectivity index (χ3v) is 8.00. The fourth-order valence-electron chi connectivity index (χ4n) is 3.35. The van der Waals surface area contributed by atoms with E-state index in [1.54, 1.807) is 18.0 Å². The molecule has 2 aromatic rings.